The first-order chi connectivity index (χ1) is 19.4. The molecule has 9 nitrogen and oxygen atoms in total. The van der Waals surface area contributed by atoms with Gasteiger partial charge in [-0.1, -0.05) is 18.2 Å². The lowest BCUT2D eigenvalue weighted by Crippen LogP contribution is -2.53. The van der Waals surface area contributed by atoms with Crippen LogP contribution in [-0.2, 0) is 11.3 Å². The Bertz CT molecular complexity index is 1280. The Morgan fingerprint density at radius 2 is 1.85 bits per heavy atom. The van der Waals surface area contributed by atoms with Crippen LogP contribution in [0.4, 0.5) is 15.0 Å². The maximum absolute atomic E-state index is 13.9. The normalized spacial score (nSPS) is 21.1. The number of amides is 4. The number of aldehydes is 1. The van der Waals surface area contributed by atoms with Gasteiger partial charge in [-0.15, -0.1) is 0 Å². The van der Waals surface area contributed by atoms with Gasteiger partial charge in [0.2, 0.25) is 5.91 Å². The number of aromatic nitrogens is 1. The average molecular weight is 568 g/mol. The Hall–Kier alpha value is -3.47. The maximum atomic E-state index is 13.9. The fourth-order valence-electron chi connectivity index (χ4n) is 5.92. The van der Waals surface area contributed by atoms with Gasteiger partial charge in [0, 0.05) is 37.3 Å². The molecule has 2 fully saturated rings. The van der Waals surface area contributed by atoms with E-state index in [9.17, 15) is 23.6 Å². The molecule has 1 aromatic heterocycles. The Balaban J connectivity index is 1.18. The van der Waals surface area contributed by atoms with Crippen LogP contribution in [0.1, 0.15) is 64.8 Å². The molecule has 40 heavy (non-hydrogen) atoms. The summed E-state index contributed by atoms with van der Waals surface area (Å²) in [6.45, 7) is 0.456. The summed E-state index contributed by atoms with van der Waals surface area (Å²) in [6.07, 6.45) is 5.94. The number of thioether (sulfide) groups is 1. The fraction of sp³-hybridized carbons (Fsp3) is 0.483. The lowest BCUT2D eigenvalue weighted by Gasteiger charge is -2.40. The number of carbonyl (C=O) groups is 4. The first-order valence-corrected chi connectivity index (χ1v) is 14.9. The number of pyridine rings is 1. The Morgan fingerprint density at radius 3 is 2.55 bits per heavy atom. The number of carbonyl (C=O) groups excluding carboxylic acids is 4. The molecule has 0 atom stereocenters. The van der Waals surface area contributed by atoms with Crippen LogP contribution < -0.4 is 10.2 Å². The summed E-state index contributed by atoms with van der Waals surface area (Å²) in [5.41, 5.74) is 1.65. The predicted octanol–water partition coefficient (Wildman–Crippen LogP) is 3.87. The Kier molecular flexibility index (Phi) is 8.68. The third-order valence-electron chi connectivity index (χ3n) is 8.12. The third-order valence-corrected chi connectivity index (χ3v) is 9.17. The van der Waals surface area contributed by atoms with Crippen molar-refractivity contribution in [2.75, 3.05) is 30.0 Å². The zero-order valence-corrected chi connectivity index (χ0v) is 23.4. The number of benzene rings is 1. The molecular weight excluding hydrogens is 533 g/mol. The number of hydrogen-bond acceptors (Lipinski definition) is 6. The molecule has 0 spiro atoms. The predicted molar refractivity (Wildman–Crippen MR) is 151 cm³/mol. The minimum Gasteiger partial charge on any atom is -0.352 e. The molecule has 11 heteroatoms. The second kappa shape index (κ2) is 12.4. The molecular formula is C29H34FN5O4S. The molecule has 1 saturated heterocycles. The quantitative estimate of drug-likeness (QED) is 0.510. The molecule has 3 aliphatic rings. The molecule has 1 saturated carbocycles. The highest BCUT2D eigenvalue weighted by atomic mass is 32.2. The molecule has 0 radical (unpaired) electrons. The van der Waals surface area contributed by atoms with Crippen molar-refractivity contribution in [3.05, 3.63) is 59.0 Å². The van der Waals surface area contributed by atoms with Crippen molar-refractivity contribution < 1.29 is 23.6 Å². The van der Waals surface area contributed by atoms with E-state index in [4.69, 9.17) is 0 Å². The summed E-state index contributed by atoms with van der Waals surface area (Å²) in [5, 5.41) is 3.07. The molecule has 3 heterocycles. The lowest BCUT2D eigenvalue weighted by atomic mass is 9.90. The molecule has 2 aromatic rings. The molecule has 1 N–H and O–H groups in total. The van der Waals surface area contributed by atoms with Gasteiger partial charge in [0.1, 0.15) is 18.2 Å². The van der Waals surface area contributed by atoms with E-state index >= 15 is 0 Å². The second-order valence-corrected chi connectivity index (χ2v) is 11.9. The molecule has 1 aliphatic carbocycles. The van der Waals surface area contributed by atoms with Crippen LogP contribution in [0.25, 0.3) is 0 Å². The van der Waals surface area contributed by atoms with Crippen molar-refractivity contribution in [2.24, 2.45) is 0 Å². The zero-order valence-electron chi connectivity index (χ0n) is 22.6. The molecule has 0 bridgehead atoms. The van der Waals surface area contributed by atoms with E-state index in [1.165, 1.54) is 0 Å². The summed E-state index contributed by atoms with van der Waals surface area (Å²) in [7, 11) is 1.76. The molecule has 5 rings (SSSR count). The standard InChI is InChI=1S/C29H34FN5O4S/c1-33(29(39)35(24-10-12-40-13-11-24)27-20(18-36)14-21(30)15-31-27)23-8-6-22(7-9-23)32-26(37)17-34-16-19-4-2-3-5-25(19)28(34)38/h2-5,14-15,18,22-24H,6-13,16-17H2,1H3,(H,32,37). The van der Waals surface area contributed by atoms with Gasteiger partial charge in [0.15, 0.2) is 6.29 Å². The topological polar surface area (TPSA) is 103 Å². The molecule has 1 aromatic carbocycles. The number of rotatable bonds is 7. The highest BCUT2D eigenvalue weighted by Gasteiger charge is 2.36. The van der Waals surface area contributed by atoms with E-state index in [-0.39, 0.29) is 53.9 Å². The van der Waals surface area contributed by atoms with Gasteiger partial charge in [-0.2, -0.15) is 11.8 Å². The Morgan fingerprint density at radius 1 is 1.12 bits per heavy atom. The summed E-state index contributed by atoms with van der Waals surface area (Å²) in [5.74, 6) is 1.07. The summed E-state index contributed by atoms with van der Waals surface area (Å²) in [4.78, 5) is 60.0. The average Bonchev–Trinajstić information content (AvgIpc) is 3.29. The van der Waals surface area contributed by atoms with E-state index in [1.54, 1.807) is 27.8 Å². The zero-order chi connectivity index (χ0) is 28.2. The maximum Gasteiger partial charge on any atom is 0.325 e. The SMILES string of the molecule is CN(C(=O)N(c1ncc(F)cc1C=O)C1CCSCC1)C1CCC(NC(=O)CN2Cc3ccccc3C2=O)CC1. The smallest absolute Gasteiger partial charge is 0.325 e. The Labute approximate surface area is 237 Å². The number of anilines is 1. The van der Waals surface area contributed by atoms with E-state index in [0.29, 0.717) is 44.1 Å². The molecule has 4 amide bonds. The fourth-order valence-corrected chi connectivity index (χ4v) is 7.00. The highest BCUT2D eigenvalue weighted by Crippen LogP contribution is 2.31. The van der Waals surface area contributed by atoms with Crippen molar-refractivity contribution in [1.29, 1.82) is 0 Å². The van der Waals surface area contributed by atoms with Gasteiger partial charge in [-0.3, -0.25) is 19.3 Å². The van der Waals surface area contributed by atoms with Crippen LogP contribution in [0.5, 0.6) is 0 Å². The monoisotopic (exact) mass is 567 g/mol. The van der Waals surface area contributed by atoms with Crippen molar-refractivity contribution >= 4 is 41.7 Å². The number of urea groups is 1. The van der Waals surface area contributed by atoms with Crippen molar-refractivity contribution in [1.82, 2.24) is 20.1 Å². The van der Waals surface area contributed by atoms with Gasteiger partial charge < -0.3 is 15.1 Å². The van der Waals surface area contributed by atoms with Crippen LogP contribution in [0.15, 0.2) is 36.5 Å². The molecule has 0 unspecified atom stereocenters. The van der Waals surface area contributed by atoms with Gasteiger partial charge in [-0.25, -0.2) is 14.2 Å². The van der Waals surface area contributed by atoms with Crippen molar-refractivity contribution in [3.8, 4) is 0 Å². The van der Waals surface area contributed by atoms with Gasteiger partial charge in [0.25, 0.3) is 5.91 Å². The molecule has 2 aliphatic heterocycles. The summed E-state index contributed by atoms with van der Waals surface area (Å²) < 4.78 is 13.8. The van der Waals surface area contributed by atoms with Crippen molar-refractivity contribution in [2.45, 2.75) is 63.2 Å². The van der Waals surface area contributed by atoms with Crippen molar-refractivity contribution in [3.63, 3.8) is 0 Å². The number of hydrogen-bond donors (Lipinski definition) is 1. The minimum atomic E-state index is -0.621. The van der Waals surface area contributed by atoms with E-state index < -0.39 is 5.82 Å². The highest BCUT2D eigenvalue weighted by molar-refractivity contribution is 7.99. The molecule has 212 valence electrons. The van der Waals surface area contributed by atoms with Crippen LogP contribution in [0, 0.1) is 5.82 Å². The van der Waals surface area contributed by atoms with E-state index in [1.807, 2.05) is 30.0 Å². The van der Waals surface area contributed by atoms with E-state index in [2.05, 4.69) is 10.3 Å². The number of fused-ring (bicyclic) bond motifs is 1. The van der Waals surface area contributed by atoms with Crippen LogP contribution in [-0.4, -0.2) is 82.1 Å². The first kappa shape index (κ1) is 28.1. The third kappa shape index (κ3) is 5.99. The van der Waals surface area contributed by atoms with Crippen LogP contribution in [0.2, 0.25) is 0 Å². The lowest BCUT2D eigenvalue weighted by molar-refractivity contribution is -0.122. The summed E-state index contributed by atoms with van der Waals surface area (Å²) in [6, 6.07) is 8.08. The van der Waals surface area contributed by atoms with E-state index in [0.717, 1.165) is 42.2 Å². The van der Waals surface area contributed by atoms with Gasteiger partial charge in [-0.05, 0) is 67.7 Å². The number of nitrogens with zero attached hydrogens (tertiary/aromatic N) is 4. The van der Waals surface area contributed by atoms with Crippen LogP contribution >= 0.6 is 11.8 Å². The van der Waals surface area contributed by atoms with Crippen LogP contribution in [0.3, 0.4) is 0 Å². The van der Waals surface area contributed by atoms with Gasteiger partial charge >= 0.3 is 6.03 Å². The second-order valence-electron chi connectivity index (χ2n) is 10.7. The summed E-state index contributed by atoms with van der Waals surface area (Å²) >= 11 is 1.83. The minimum absolute atomic E-state index is 0.0181. The number of halogens is 1. The largest absolute Gasteiger partial charge is 0.352 e. The number of nitrogens with one attached hydrogen (secondary N) is 1. The van der Waals surface area contributed by atoms with Gasteiger partial charge in [0.05, 0.1) is 11.8 Å². The first-order valence-electron chi connectivity index (χ1n) is 13.8.